The van der Waals surface area contributed by atoms with Gasteiger partial charge in [0, 0.05) is 28.9 Å². The van der Waals surface area contributed by atoms with Crippen molar-refractivity contribution in [3.8, 4) is 17.0 Å². The molecular formula is C18H17N3O2S. The highest BCUT2D eigenvalue weighted by molar-refractivity contribution is 7.14. The molecule has 0 unspecified atom stereocenters. The van der Waals surface area contributed by atoms with Gasteiger partial charge in [0.15, 0.2) is 5.13 Å². The molecule has 0 aliphatic heterocycles. The Labute approximate surface area is 144 Å². The molecule has 0 atom stereocenters. The molecule has 0 saturated carbocycles. The Morgan fingerprint density at radius 2 is 1.83 bits per heavy atom. The lowest BCUT2D eigenvalue weighted by atomic mass is 10.2. The number of pyridine rings is 1. The summed E-state index contributed by atoms with van der Waals surface area (Å²) in [5.74, 6) is 0.553. The van der Waals surface area contributed by atoms with Crippen molar-refractivity contribution in [2.24, 2.45) is 0 Å². The van der Waals surface area contributed by atoms with Crippen LogP contribution >= 0.6 is 11.3 Å². The first-order chi connectivity index (χ1) is 11.6. The van der Waals surface area contributed by atoms with Gasteiger partial charge in [-0.2, -0.15) is 0 Å². The highest BCUT2D eigenvalue weighted by Gasteiger charge is 2.10. The van der Waals surface area contributed by atoms with Crippen LogP contribution in [-0.2, 0) is 0 Å². The van der Waals surface area contributed by atoms with Crippen LogP contribution in [0.4, 0.5) is 5.13 Å². The molecule has 1 amide bonds. The van der Waals surface area contributed by atoms with Crippen LogP contribution in [0, 0.1) is 0 Å². The van der Waals surface area contributed by atoms with Crippen molar-refractivity contribution >= 4 is 22.4 Å². The smallest absolute Gasteiger partial charge is 0.257 e. The van der Waals surface area contributed by atoms with Crippen molar-refractivity contribution in [2.45, 2.75) is 20.0 Å². The average molecular weight is 339 g/mol. The Morgan fingerprint density at radius 1 is 1.12 bits per heavy atom. The van der Waals surface area contributed by atoms with Gasteiger partial charge < -0.3 is 4.74 Å². The molecule has 2 heterocycles. The monoisotopic (exact) mass is 339 g/mol. The minimum absolute atomic E-state index is 0.103. The summed E-state index contributed by atoms with van der Waals surface area (Å²) < 4.78 is 5.57. The Bertz CT molecular complexity index is 814. The fourth-order valence-corrected chi connectivity index (χ4v) is 2.83. The standard InChI is InChI=1S/C18H17N3O2S/c1-12(2)23-15-5-3-14(4-6-15)17(22)21-18-20-16(11-24-18)13-7-9-19-10-8-13/h3-12H,1-2H3,(H,20,21,22). The molecule has 122 valence electrons. The fraction of sp³-hybridized carbons (Fsp3) is 0.167. The summed E-state index contributed by atoms with van der Waals surface area (Å²) in [4.78, 5) is 20.7. The van der Waals surface area contributed by atoms with Crippen LogP contribution in [0.25, 0.3) is 11.3 Å². The Morgan fingerprint density at radius 3 is 2.50 bits per heavy atom. The number of nitrogens with one attached hydrogen (secondary N) is 1. The summed E-state index contributed by atoms with van der Waals surface area (Å²) in [6.45, 7) is 3.92. The number of carbonyl (C=O) groups is 1. The van der Waals surface area contributed by atoms with Gasteiger partial charge in [0.1, 0.15) is 5.75 Å². The van der Waals surface area contributed by atoms with Gasteiger partial charge in [-0.1, -0.05) is 0 Å². The first-order valence-corrected chi connectivity index (χ1v) is 8.44. The lowest BCUT2D eigenvalue weighted by Crippen LogP contribution is -2.12. The molecular weight excluding hydrogens is 322 g/mol. The third-order valence-corrected chi connectivity index (χ3v) is 3.95. The lowest BCUT2D eigenvalue weighted by Gasteiger charge is -2.09. The van der Waals surface area contributed by atoms with E-state index in [4.69, 9.17) is 4.74 Å². The molecule has 0 radical (unpaired) electrons. The molecule has 6 heteroatoms. The Balaban J connectivity index is 1.68. The molecule has 3 rings (SSSR count). The summed E-state index contributed by atoms with van der Waals surface area (Å²) in [6.07, 6.45) is 3.54. The molecule has 3 aromatic rings. The molecule has 0 aliphatic carbocycles. The number of carbonyl (C=O) groups excluding carboxylic acids is 1. The maximum absolute atomic E-state index is 12.3. The zero-order valence-corrected chi connectivity index (χ0v) is 14.2. The first kappa shape index (κ1) is 16.1. The summed E-state index contributed by atoms with van der Waals surface area (Å²) in [5, 5.41) is 5.29. The maximum atomic E-state index is 12.3. The first-order valence-electron chi connectivity index (χ1n) is 7.56. The lowest BCUT2D eigenvalue weighted by molar-refractivity contribution is 0.102. The number of rotatable bonds is 5. The van der Waals surface area contributed by atoms with Crippen LogP contribution < -0.4 is 10.1 Å². The number of amides is 1. The maximum Gasteiger partial charge on any atom is 0.257 e. The normalized spacial score (nSPS) is 10.6. The van der Waals surface area contributed by atoms with Crippen molar-refractivity contribution < 1.29 is 9.53 Å². The molecule has 0 bridgehead atoms. The minimum Gasteiger partial charge on any atom is -0.491 e. The van der Waals surface area contributed by atoms with E-state index in [0.29, 0.717) is 10.7 Å². The largest absolute Gasteiger partial charge is 0.491 e. The predicted molar refractivity (Wildman–Crippen MR) is 95.5 cm³/mol. The van der Waals surface area contributed by atoms with E-state index in [9.17, 15) is 4.79 Å². The SMILES string of the molecule is CC(C)Oc1ccc(C(=O)Nc2nc(-c3ccncc3)cs2)cc1. The van der Waals surface area contributed by atoms with Crippen LogP contribution in [0.15, 0.2) is 54.2 Å². The topological polar surface area (TPSA) is 64.1 Å². The van der Waals surface area contributed by atoms with E-state index in [1.165, 1.54) is 11.3 Å². The number of aromatic nitrogens is 2. The average Bonchev–Trinajstić information content (AvgIpc) is 3.04. The molecule has 0 fully saturated rings. The van der Waals surface area contributed by atoms with Gasteiger partial charge in [-0.15, -0.1) is 11.3 Å². The molecule has 0 aliphatic rings. The number of ether oxygens (including phenoxy) is 1. The molecule has 24 heavy (non-hydrogen) atoms. The number of anilines is 1. The number of hydrogen-bond donors (Lipinski definition) is 1. The number of hydrogen-bond acceptors (Lipinski definition) is 5. The molecule has 5 nitrogen and oxygen atoms in total. The second kappa shape index (κ2) is 7.23. The summed E-state index contributed by atoms with van der Waals surface area (Å²) in [5.41, 5.74) is 2.35. The van der Waals surface area contributed by atoms with Crippen molar-refractivity contribution in [3.05, 3.63) is 59.7 Å². The van der Waals surface area contributed by atoms with E-state index in [2.05, 4.69) is 15.3 Å². The number of nitrogens with zero attached hydrogens (tertiary/aromatic N) is 2. The van der Waals surface area contributed by atoms with Crippen molar-refractivity contribution in [2.75, 3.05) is 5.32 Å². The van der Waals surface area contributed by atoms with Crippen LogP contribution in [-0.4, -0.2) is 22.0 Å². The second-order valence-corrected chi connectivity index (χ2v) is 6.28. The van der Waals surface area contributed by atoms with E-state index in [1.807, 2.05) is 31.4 Å². The highest BCUT2D eigenvalue weighted by Crippen LogP contribution is 2.24. The summed E-state index contributed by atoms with van der Waals surface area (Å²) in [6, 6.07) is 10.8. The van der Waals surface area contributed by atoms with E-state index in [-0.39, 0.29) is 12.0 Å². The third kappa shape index (κ3) is 3.97. The Hall–Kier alpha value is -2.73. The van der Waals surface area contributed by atoms with E-state index < -0.39 is 0 Å². The van der Waals surface area contributed by atoms with E-state index >= 15 is 0 Å². The van der Waals surface area contributed by atoms with E-state index in [1.54, 1.807) is 36.7 Å². The zero-order chi connectivity index (χ0) is 16.9. The van der Waals surface area contributed by atoms with Crippen molar-refractivity contribution in [3.63, 3.8) is 0 Å². The molecule has 1 aromatic carbocycles. The fourth-order valence-electron chi connectivity index (χ4n) is 2.11. The van der Waals surface area contributed by atoms with Gasteiger partial charge in [0.25, 0.3) is 5.91 Å². The Kier molecular flexibility index (Phi) is 4.86. The van der Waals surface area contributed by atoms with Gasteiger partial charge in [0.2, 0.25) is 0 Å². The van der Waals surface area contributed by atoms with E-state index in [0.717, 1.165) is 17.0 Å². The van der Waals surface area contributed by atoms with Crippen molar-refractivity contribution in [1.29, 1.82) is 0 Å². The predicted octanol–water partition coefficient (Wildman–Crippen LogP) is 4.24. The molecule has 0 spiro atoms. The highest BCUT2D eigenvalue weighted by atomic mass is 32.1. The summed E-state index contributed by atoms with van der Waals surface area (Å²) in [7, 11) is 0. The second-order valence-electron chi connectivity index (χ2n) is 5.42. The molecule has 0 saturated heterocycles. The number of thiazole rings is 1. The van der Waals surface area contributed by atoms with Gasteiger partial charge in [-0.25, -0.2) is 4.98 Å². The number of benzene rings is 1. The van der Waals surface area contributed by atoms with Gasteiger partial charge in [-0.05, 0) is 50.2 Å². The summed E-state index contributed by atoms with van der Waals surface area (Å²) >= 11 is 1.39. The van der Waals surface area contributed by atoms with Crippen LogP contribution in [0.2, 0.25) is 0 Å². The third-order valence-electron chi connectivity index (χ3n) is 3.19. The minimum atomic E-state index is -0.193. The van der Waals surface area contributed by atoms with Crippen LogP contribution in [0.3, 0.4) is 0 Å². The quantitative estimate of drug-likeness (QED) is 0.755. The molecule has 2 aromatic heterocycles. The van der Waals surface area contributed by atoms with Crippen LogP contribution in [0.5, 0.6) is 5.75 Å². The molecule has 1 N–H and O–H groups in total. The van der Waals surface area contributed by atoms with Crippen molar-refractivity contribution in [1.82, 2.24) is 9.97 Å². The van der Waals surface area contributed by atoms with Crippen LogP contribution in [0.1, 0.15) is 24.2 Å². The van der Waals surface area contributed by atoms with Gasteiger partial charge in [-0.3, -0.25) is 15.1 Å². The van der Waals surface area contributed by atoms with Gasteiger partial charge >= 0.3 is 0 Å². The van der Waals surface area contributed by atoms with Gasteiger partial charge in [0.05, 0.1) is 11.8 Å². The zero-order valence-electron chi connectivity index (χ0n) is 13.4.